The van der Waals surface area contributed by atoms with Gasteiger partial charge in [-0.05, 0) is 55.7 Å². The third-order valence-electron chi connectivity index (χ3n) is 4.70. The predicted molar refractivity (Wildman–Crippen MR) is 126 cm³/mol. The zero-order valence-corrected chi connectivity index (χ0v) is 19.3. The van der Waals surface area contributed by atoms with Crippen molar-refractivity contribution in [2.24, 2.45) is 0 Å². The SMILES string of the molecule is Cc1cc(OCCCC(=O)Nc2nc3scc(-c4ccc(Cl)cc4)n3n2)cc(C)c1Cl. The lowest BCUT2D eigenvalue weighted by Gasteiger charge is -2.09. The summed E-state index contributed by atoms with van der Waals surface area (Å²) in [5, 5.41) is 10.6. The molecular formula is C22H20Cl2N4O2S. The first-order valence-corrected chi connectivity index (χ1v) is 11.3. The van der Waals surface area contributed by atoms with E-state index in [1.165, 1.54) is 11.3 Å². The van der Waals surface area contributed by atoms with Crippen LogP contribution in [0, 0.1) is 13.8 Å². The normalized spacial score (nSPS) is 11.1. The van der Waals surface area contributed by atoms with Crippen LogP contribution in [0.15, 0.2) is 41.8 Å². The summed E-state index contributed by atoms with van der Waals surface area (Å²) in [4.78, 5) is 17.4. The predicted octanol–water partition coefficient (Wildman–Crippen LogP) is 6.18. The highest BCUT2D eigenvalue weighted by molar-refractivity contribution is 7.15. The Morgan fingerprint density at radius 1 is 1.16 bits per heavy atom. The number of thiazole rings is 1. The second-order valence-corrected chi connectivity index (χ2v) is 8.78. The number of nitrogens with zero attached hydrogens (tertiary/aromatic N) is 3. The Bertz CT molecular complexity index is 1210. The average molecular weight is 475 g/mol. The summed E-state index contributed by atoms with van der Waals surface area (Å²) in [6.07, 6.45) is 0.882. The Morgan fingerprint density at radius 2 is 1.87 bits per heavy atom. The maximum Gasteiger partial charge on any atom is 0.250 e. The van der Waals surface area contributed by atoms with Crippen molar-refractivity contribution in [3.8, 4) is 17.0 Å². The number of anilines is 1. The number of benzene rings is 2. The van der Waals surface area contributed by atoms with E-state index in [9.17, 15) is 4.79 Å². The quantitative estimate of drug-likeness (QED) is 0.324. The zero-order chi connectivity index (χ0) is 22.0. The van der Waals surface area contributed by atoms with Gasteiger partial charge in [-0.1, -0.05) is 35.3 Å². The molecule has 0 saturated carbocycles. The van der Waals surface area contributed by atoms with Crippen molar-refractivity contribution in [2.75, 3.05) is 11.9 Å². The zero-order valence-electron chi connectivity index (χ0n) is 17.0. The molecule has 1 amide bonds. The number of halogens is 2. The molecule has 0 atom stereocenters. The number of aryl methyl sites for hydroxylation is 2. The molecule has 0 unspecified atom stereocenters. The second kappa shape index (κ2) is 9.26. The van der Waals surface area contributed by atoms with Crippen molar-refractivity contribution in [1.29, 1.82) is 0 Å². The molecule has 0 aliphatic carbocycles. The van der Waals surface area contributed by atoms with Gasteiger partial charge in [-0.3, -0.25) is 10.1 Å². The number of fused-ring (bicyclic) bond motifs is 1. The van der Waals surface area contributed by atoms with E-state index < -0.39 is 0 Å². The molecule has 4 aromatic rings. The Morgan fingerprint density at radius 3 is 2.58 bits per heavy atom. The van der Waals surface area contributed by atoms with Crippen molar-refractivity contribution >= 4 is 51.4 Å². The number of hydrogen-bond donors (Lipinski definition) is 1. The van der Waals surface area contributed by atoms with Gasteiger partial charge in [0.1, 0.15) is 5.75 Å². The van der Waals surface area contributed by atoms with Crippen LogP contribution in [0.3, 0.4) is 0 Å². The molecule has 0 spiro atoms. The van der Waals surface area contributed by atoms with Crippen LogP contribution in [0.25, 0.3) is 16.2 Å². The van der Waals surface area contributed by atoms with Crippen molar-refractivity contribution in [1.82, 2.24) is 14.6 Å². The van der Waals surface area contributed by atoms with Crippen molar-refractivity contribution in [2.45, 2.75) is 26.7 Å². The van der Waals surface area contributed by atoms with Crippen LogP contribution in [0.2, 0.25) is 10.0 Å². The molecule has 2 aromatic heterocycles. The molecule has 1 N–H and O–H groups in total. The summed E-state index contributed by atoms with van der Waals surface area (Å²) in [7, 11) is 0. The molecule has 4 rings (SSSR count). The van der Waals surface area contributed by atoms with E-state index in [1.54, 1.807) is 4.52 Å². The summed E-state index contributed by atoms with van der Waals surface area (Å²) >= 11 is 13.6. The highest BCUT2D eigenvalue weighted by Gasteiger charge is 2.13. The largest absolute Gasteiger partial charge is 0.494 e. The molecule has 9 heteroatoms. The smallest absolute Gasteiger partial charge is 0.250 e. The first kappa shape index (κ1) is 21.6. The minimum absolute atomic E-state index is 0.154. The van der Waals surface area contributed by atoms with Crippen LogP contribution in [0.1, 0.15) is 24.0 Å². The molecule has 0 fully saturated rings. The summed E-state index contributed by atoms with van der Waals surface area (Å²) in [6, 6.07) is 11.3. The molecule has 6 nitrogen and oxygen atoms in total. The monoisotopic (exact) mass is 474 g/mol. The number of hydrogen-bond acceptors (Lipinski definition) is 5. The summed E-state index contributed by atoms with van der Waals surface area (Å²) in [5.41, 5.74) is 3.81. The number of amides is 1. The van der Waals surface area contributed by atoms with Crippen LogP contribution in [-0.2, 0) is 4.79 Å². The fourth-order valence-corrected chi connectivity index (χ4v) is 4.22. The lowest BCUT2D eigenvalue weighted by atomic mass is 10.1. The molecule has 160 valence electrons. The van der Waals surface area contributed by atoms with Gasteiger partial charge in [-0.15, -0.1) is 16.4 Å². The fourth-order valence-electron chi connectivity index (χ4n) is 3.15. The van der Waals surface area contributed by atoms with Gasteiger partial charge in [-0.25, -0.2) is 4.52 Å². The summed E-state index contributed by atoms with van der Waals surface area (Å²) < 4.78 is 7.47. The number of aromatic nitrogens is 3. The Balaban J connectivity index is 1.32. The van der Waals surface area contributed by atoms with Crippen molar-refractivity contribution in [3.63, 3.8) is 0 Å². The molecule has 0 radical (unpaired) electrons. The third kappa shape index (κ3) is 5.01. The molecule has 2 aromatic carbocycles. The first-order valence-electron chi connectivity index (χ1n) is 9.70. The fraction of sp³-hybridized carbons (Fsp3) is 0.227. The Hall–Kier alpha value is -2.61. The van der Waals surface area contributed by atoms with Gasteiger partial charge >= 0.3 is 0 Å². The van der Waals surface area contributed by atoms with Crippen molar-refractivity contribution in [3.05, 3.63) is 63.0 Å². The average Bonchev–Trinajstić information content (AvgIpc) is 3.30. The lowest BCUT2D eigenvalue weighted by Crippen LogP contribution is -2.14. The van der Waals surface area contributed by atoms with Crippen LogP contribution in [-0.4, -0.2) is 27.1 Å². The number of nitrogens with one attached hydrogen (secondary N) is 1. The lowest BCUT2D eigenvalue weighted by molar-refractivity contribution is -0.116. The maximum atomic E-state index is 12.3. The highest BCUT2D eigenvalue weighted by Crippen LogP contribution is 2.27. The van der Waals surface area contributed by atoms with Gasteiger partial charge in [0.15, 0.2) is 0 Å². The minimum Gasteiger partial charge on any atom is -0.494 e. The van der Waals surface area contributed by atoms with Gasteiger partial charge in [0.05, 0.1) is 12.3 Å². The maximum absolute atomic E-state index is 12.3. The van der Waals surface area contributed by atoms with Gasteiger partial charge in [0.2, 0.25) is 16.8 Å². The van der Waals surface area contributed by atoms with Gasteiger partial charge < -0.3 is 4.74 Å². The molecule has 2 heterocycles. The van der Waals surface area contributed by atoms with E-state index >= 15 is 0 Å². The van der Waals surface area contributed by atoms with Crippen LogP contribution in [0.4, 0.5) is 5.95 Å². The topological polar surface area (TPSA) is 68.5 Å². The molecule has 0 bridgehead atoms. The summed E-state index contributed by atoms with van der Waals surface area (Å²) in [5.74, 6) is 0.890. The molecular weight excluding hydrogens is 455 g/mol. The molecule has 31 heavy (non-hydrogen) atoms. The number of carbonyl (C=O) groups excluding carboxylic acids is 1. The second-order valence-electron chi connectivity index (χ2n) is 7.13. The number of ether oxygens (including phenoxy) is 1. The standard InChI is InChI=1S/C22H20Cl2N4O2S/c1-13-10-17(11-14(2)20(13)24)30-9-3-4-19(29)25-21-26-22-28(27-21)18(12-31-22)15-5-7-16(23)8-6-15/h5-8,10-12H,3-4,9H2,1-2H3,(H,25,27,29). The first-order chi connectivity index (χ1) is 14.9. The van der Waals surface area contributed by atoms with E-state index in [1.807, 2.05) is 55.6 Å². The van der Waals surface area contributed by atoms with Gasteiger partial charge in [0.25, 0.3) is 0 Å². The molecule has 0 aliphatic rings. The van der Waals surface area contributed by atoms with E-state index in [2.05, 4.69) is 15.4 Å². The van der Waals surface area contributed by atoms with E-state index in [4.69, 9.17) is 27.9 Å². The number of carbonyl (C=O) groups is 1. The van der Waals surface area contributed by atoms with E-state index in [-0.39, 0.29) is 11.9 Å². The van der Waals surface area contributed by atoms with E-state index in [0.717, 1.165) is 33.2 Å². The van der Waals surface area contributed by atoms with E-state index in [0.29, 0.717) is 29.4 Å². The van der Waals surface area contributed by atoms with Crippen LogP contribution in [0.5, 0.6) is 5.75 Å². The molecule has 0 saturated heterocycles. The molecule has 0 aliphatic heterocycles. The third-order valence-corrected chi connectivity index (χ3v) is 6.36. The van der Waals surface area contributed by atoms with Crippen LogP contribution < -0.4 is 10.1 Å². The van der Waals surface area contributed by atoms with Gasteiger partial charge in [-0.2, -0.15) is 4.98 Å². The number of rotatable bonds is 7. The van der Waals surface area contributed by atoms with Gasteiger partial charge in [0, 0.05) is 27.4 Å². The Labute approximate surface area is 193 Å². The van der Waals surface area contributed by atoms with Crippen molar-refractivity contribution < 1.29 is 9.53 Å². The minimum atomic E-state index is -0.154. The summed E-state index contributed by atoms with van der Waals surface area (Å²) in [6.45, 7) is 4.31. The Kier molecular flexibility index (Phi) is 6.46. The highest BCUT2D eigenvalue weighted by atomic mass is 35.5. The van der Waals surface area contributed by atoms with Crippen LogP contribution >= 0.6 is 34.5 Å².